The fourth-order valence-electron chi connectivity index (χ4n) is 2.08. The molecular weight excluding hydrogens is 308 g/mol. The second-order valence-corrected chi connectivity index (χ2v) is 6.03. The zero-order valence-electron chi connectivity index (χ0n) is 10.9. The molecule has 0 atom stereocenters. The zero-order chi connectivity index (χ0) is 14.8. The Balaban J connectivity index is 1.87. The van der Waals surface area contributed by atoms with Crippen LogP contribution in [0.15, 0.2) is 48.5 Å². The molecule has 3 aromatic rings. The highest BCUT2D eigenvalue weighted by molar-refractivity contribution is 7.19. The second kappa shape index (κ2) is 5.76. The summed E-state index contributed by atoms with van der Waals surface area (Å²) in [6, 6.07) is 14.4. The lowest BCUT2D eigenvalue weighted by Crippen LogP contribution is -1.96. The summed E-state index contributed by atoms with van der Waals surface area (Å²) in [5.74, 6) is -0.299. The number of rotatable bonds is 4. The van der Waals surface area contributed by atoms with Gasteiger partial charge in [-0.2, -0.15) is 0 Å². The number of hydrogen-bond acceptors (Lipinski definition) is 3. The summed E-state index contributed by atoms with van der Waals surface area (Å²) in [5.41, 5.74) is 0.313. The van der Waals surface area contributed by atoms with Gasteiger partial charge in [0.15, 0.2) is 0 Å². The molecule has 1 heterocycles. The van der Waals surface area contributed by atoms with E-state index in [4.69, 9.17) is 16.3 Å². The lowest BCUT2D eigenvalue weighted by molar-refractivity contribution is 0.0699. The third-order valence-electron chi connectivity index (χ3n) is 3.05. The first-order chi connectivity index (χ1) is 10.1. The summed E-state index contributed by atoms with van der Waals surface area (Å²) < 4.78 is 6.62. The average molecular weight is 319 g/mol. The average Bonchev–Trinajstić information content (AvgIpc) is 2.88. The van der Waals surface area contributed by atoms with Gasteiger partial charge in [0.25, 0.3) is 0 Å². The summed E-state index contributed by atoms with van der Waals surface area (Å²) in [4.78, 5) is 12.2. The number of carbonyl (C=O) groups is 1. The van der Waals surface area contributed by atoms with E-state index in [0.29, 0.717) is 22.9 Å². The van der Waals surface area contributed by atoms with Crippen LogP contribution >= 0.6 is 22.9 Å². The Labute approximate surface area is 130 Å². The van der Waals surface area contributed by atoms with Crippen LogP contribution in [0.5, 0.6) is 5.75 Å². The minimum absolute atomic E-state index is 0.313. The number of carboxylic acids is 1. The Bertz CT molecular complexity index is 810. The van der Waals surface area contributed by atoms with Crippen molar-refractivity contribution in [2.24, 2.45) is 0 Å². The van der Waals surface area contributed by atoms with Crippen molar-refractivity contribution in [2.45, 2.75) is 6.61 Å². The fraction of sp³-hybridized carbons (Fsp3) is 0.0625. The van der Waals surface area contributed by atoms with Gasteiger partial charge in [0.1, 0.15) is 12.4 Å². The van der Waals surface area contributed by atoms with Gasteiger partial charge in [-0.25, -0.2) is 4.79 Å². The van der Waals surface area contributed by atoms with E-state index in [9.17, 15) is 9.90 Å². The molecule has 3 nitrogen and oxygen atoms in total. The molecule has 106 valence electrons. The van der Waals surface area contributed by atoms with E-state index in [0.717, 1.165) is 15.0 Å². The van der Waals surface area contributed by atoms with Crippen LogP contribution in [0.25, 0.3) is 10.1 Å². The standard InChI is InChI=1S/C16H11ClO3S/c17-13-5-1-2-6-14(13)20-9-10-8-12-11(16(18)19)4-3-7-15(12)21-10/h1-8H,9H2,(H,18,19). The number of halogens is 1. The SMILES string of the molecule is O=C(O)c1cccc2sc(COc3ccccc3Cl)cc12. The largest absolute Gasteiger partial charge is 0.487 e. The highest BCUT2D eigenvalue weighted by Crippen LogP contribution is 2.30. The Morgan fingerprint density at radius 3 is 2.76 bits per heavy atom. The topological polar surface area (TPSA) is 46.5 Å². The first-order valence-electron chi connectivity index (χ1n) is 6.27. The number of para-hydroxylation sites is 1. The molecular formula is C16H11ClO3S. The molecule has 0 radical (unpaired) electrons. The molecule has 0 aliphatic heterocycles. The molecule has 0 unspecified atom stereocenters. The van der Waals surface area contributed by atoms with Crippen LogP contribution in [0.2, 0.25) is 5.02 Å². The van der Waals surface area contributed by atoms with Crippen molar-refractivity contribution >= 4 is 39.0 Å². The molecule has 1 aromatic heterocycles. The van der Waals surface area contributed by atoms with Gasteiger partial charge in [-0.1, -0.05) is 29.8 Å². The molecule has 0 saturated carbocycles. The van der Waals surface area contributed by atoms with Gasteiger partial charge < -0.3 is 9.84 Å². The number of benzene rings is 2. The Morgan fingerprint density at radius 1 is 1.19 bits per heavy atom. The highest BCUT2D eigenvalue weighted by Gasteiger charge is 2.11. The molecule has 0 fully saturated rings. The molecule has 0 bridgehead atoms. The van der Waals surface area contributed by atoms with Crippen LogP contribution in [-0.2, 0) is 6.61 Å². The second-order valence-electron chi connectivity index (χ2n) is 4.45. The minimum Gasteiger partial charge on any atom is -0.487 e. The monoisotopic (exact) mass is 318 g/mol. The van der Waals surface area contributed by atoms with Gasteiger partial charge in [0, 0.05) is 15.0 Å². The summed E-state index contributed by atoms with van der Waals surface area (Å²) in [7, 11) is 0. The molecule has 5 heteroatoms. The van der Waals surface area contributed by atoms with Gasteiger partial charge in [-0.15, -0.1) is 11.3 Å². The zero-order valence-corrected chi connectivity index (χ0v) is 12.4. The lowest BCUT2D eigenvalue weighted by atomic mass is 10.1. The van der Waals surface area contributed by atoms with Gasteiger partial charge in [0.05, 0.1) is 10.6 Å². The molecule has 0 aliphatic carbocycles. The van der Waals surface area contributed by atoms with Crippen LogP contribution in [0, 0.1) is 0 Å². The summed E-state index contributed by atoms with van der Waals surface area (Å²) >= 11 is 7.56. The Morgan fingerprint density at radius 2 is 2.00 bits per heavy atom. The number of ether oxygens (including phenoxy) is 1. The number of aromatic carboxylic acids is 1. The van der Waals surface area contributed by atoms with E-state index in [1.807, 2.05) is 24.3 Å². The smallest absolute Gasteiger partial charge is 0.336 e. The van der Waals surface area contributed by atoms with E-state index < -0.39 is 5.97 Å². The van der Waals surface area contributed by atoms with E-state index in [-0.39, 0.29) is 0 Å². The van der Waals surface area contributed by atoms with Crippen LogP contribution in [-0.4, -0.2) is 11.1 Å². The summed E-state index contributed by atoms with van der Waals surface area (Å²) in [6.45, 7) is 0.363. The molecule has 1 N–H and O–H groups in total. The Hall–Kier alpha value is -2.04. The Kier molecular flexibility index (Phi) is 3.82. The predicted octanol–water partition coefficient (Wildman–Crippen LogP) is 4.83. The van der Waals surface area contributed by atoms with Crippen molar-refractivity contribution < 1.29 is 14.6 Å². The third kappa shape index (κ3) is 2.86. The van der Waals surface area contributed by atoms with Crippen molar-refractivity contribution in [1.29, 1.82) is 0 Å². The number of fused-ring (bicyclic) bond motifs is 1. The quantitative estimate of drug-likeness (QED) is 0.749. The van der Waals surface area contributed by atoms with Gasteiger partial charge in [-0.05, 0) is 30.3 Å². The van der Waals surface area contributed by atoms with Gasteiger partial charge >= 0.3 is 5.97 Å². The fourth-order valence-corrected chi connectivity index (χ4v) is 3.27. The van der Waals surface area contributed by atoms with Crippen LogP contribution < -0.4 is 4.74 Å². The lowest BCUT2D eigenvalue weighted by Gasteiger charge is -2.05. The van der Waals surface area contributed by atoms with Crippen molar-refractivity contribution in [3.05, 3.63) is 64.0 Å². The van der Waals surface area contributed by atoms with Crippen LogP contribution in [0.1, 0.15) is 15.2 Å². The molecule has 21 heavy (non-hydrogen) atoms. The molecule has 0 spiro atoms. The molecule has 0 saturated heterocycles. The summed E-state index contributed by atoms with van der Waals surface area (Å²) in [6.07, 6.45) is 0. The molecule has 0 aliphatic rings. The first-order valence-corrected chi connectivity index (χ1v) is 7.46. The van der Waals surface area contributed by atoms with E-state index in [2.05, 4.69) is 0 Å². The van der Waals surface area contributed by atoms with E-state index in [1.54, 1.807) is 24.3 Å². The number of carboxylic acid groups (broad SMARTS) is 1. The van der Waals surface area contributed by atoms with Gasteiger partial charge in [0.2, 0.25) is 0 Å². The minimum atomic E-state index is -0.919. The number of thiophene rings is 1. The maximum Gasteiger partial charge on any atom is 0.336 e. The van der Waals surface area contributed by atoms with Crippen molar-refractivity contribution in [3.63, 3.8) is 0 Å². The highest BCUT2D eigenvalue weighted by atomic mass is 35.5. The summed E-state index contributed by atoms with van der Waals surface area (Å²) in [5, 5.41) is 10.5. The third-order valence-corrected chi connectivity index (χ3v) is 4.44. The maximum atomic E-state index is 11.2. The number of hydrogen-bond donors (Lipinski definition) is 1. The predicted molar refractivity (Wildman–Crippen MR) is 84.6 cm³/mol. The van der Waals surface area contributed by atoms with E-state index >= 15 is 0 Å². The first kappa shape index (κ1) is 13.9. The van der Waals surface area contributed by atoms with E-state index in [1.165, 1.54) is 11.3 Å². The molecule has 0 amide bonds. The van der Waals surface area contributed by atoms with Crippen LogP contribution in [0.4, 0.5) is 0 Å². The van der Waals surface area contributed by atoms with Crippen molar-refractivity contribution in [2.75, 3.05) is 0 Å². The van der Waals surface area contributed by atoms with Crippen molar-refractivity contribution in [1.82, 2.24) is 0 Å². The van der Waals surface area contributed by atoms with Crippen molar-refractivity contribution in [3.8, 4) is 5.75 Å². The normalized spacial score (nSPS) is 10.7. The maximum absolute atomic E-state index is 11.2. The van der Waals surface area contributed by atoms with Crippen LogP contribution in [0.3, 0.4) is 0 Å². The molecule has 2 aromatic carbocycles. The van der Waals surface area contributed by atoms with Gasteiger partial charge in [-0.3, -0.25) is 0 Å². The molecule has 3 rings (SSSR count).